The van der Waals surface area contributed by atoms with E-state index >= 15 is 0 Å². The van der Waals surface area contributed by atoms with Gasteiger partial charge in [-0.2, -0.15) is 0 Å². The summed E-state index contributed by atoms with van der Waals surface area (Å²) >= 11 is 0. The first-order valence-corrected chi connectivity index (χ1v) is 12.4. The molecule has 0 saturated carbocycles. The van der Waals surface area contributed by atoms with Crippen LogP contribution in [0.3, 0.4) is 0 Å². The fourth-order valence-corrected chi connectivity index (χ4v) is 5.42. The highest BCUT2D eigenvalue weighted by Gasteiger charge is 2.43. The van der Waals surface area contributed by atoms with Gasteiger partial charge in [0, 0.05) is 43.4 Å². The van der Waals surface area contributed by atoms with Crippen molar-refractivity contribution in [1.82, 2.24) is 9.80 Å². The standard InChI is InChI=1S/C27H41N3O3/c1-20-19-32-15-14-29(20)22-17-25(33-26(2,3)4)28-27(5,18-22)30-13-8-7-12-24(30)21-10-9-11-23(16-21)31-6/h9-11,16-17,20,24H,7-8,12-15,18-19H2,1-6H3/t20-,24?,27?/m1/s1. The van der Waals surface area contributed by atoms with Crippen molar-refractivity contribution in [2.45, 2.75) is 83.6 Å². The van der Waals surface area contributed by atoms with Gasteiger partial charge in [0.1, 0.15) is 17.0 Å². The third-order valence-electron chi connectivity index (χ3n) is 6.90. The fraction of sp³-hybridized carbons (Fsp3) is 0.667. The highest BCUT2D eigenvalue weighted by Crippen LogP contribution is 2.42. The number of likely N-dealkylation sites (tertiary alicyclic amines) is 1. The van der Waals surface area contributed by atoms with Crippen LogP contribution in [-0.4, -0.2) is 66.4 Å². The number of piperidine rings is 1. The average Bonchev–Trinajstić information content (AvgIpc) is 2.78. The minimum Gasteiger partial charge on any atom is -0.497 e. The van der Waals surface area contributed by atoms with Crippen LogP contribution in [-0.2, 0) is 9.47 Å². The van der Waals surface area contributed by atoms with Crippen molar-refractivity contribution < 1.29 is 14.2 Å². The second-order valence-corrected chi connectivity index (χ2v) is 10.8. The smallest absolute Gasteiger partial charge is 0.212 e. The molecule has 0 aliphatic carbocycles. The van der Waals surface area contributed by atoms with Gasteiger partial charge in [0.2, 0.25) is 5.90 Å². The molecule has 3 heterocycles. The summed E-state index contributed by atoms with van der Waals surface area (Å²) in [6, 6.07) is 9.19. The summed E-state index contributed by atoms with van der Waals surface area (Å²) in [5, 5.41) is 0. The van der Waals surface area contributed by atoms with Gasteiger partial charge >= 0.3 is 0 Å². The molecule has 0 bridgehead atoms. The van der Waals surface area contributed by atoms with E-state index in [4.69, 9.17) is 19.2 Å². The normalized spacial score (nSPS) is 29.3. The molecule has 3 atom stereocenters. The zero-order chi connectivity index (χ0) is 23.6. The van der Waals surface area contributed by atoms with Crippen molar-refractivity contribution in [3.05, 3.63) is 41.6 Å². The van der Waals surface area contributed by atoms with E-state index in [-0.39, 0.29) is 11.3 Å². The molecule has 0 amide bonds. The number of methoxy groups -OCH3 is 1. The van der Waals surface area contributed by atoms with Crippen LogP contribution in [0, 0.1) is 0 Å². The van der Waals surface area contributed by atoms with E-state index in [1.165, 1.54) is 24.1 Å². The molecule has 182 valence electrons. The number of ether oxygens (including phenoxy) is 3. The molecule has 3 aliphatic rings. The van der Waals surface area contributed by atoms with Crippen LogP contribution in [0.1, 0.15) is 71.9 Å². The Hall–Kier alpha value is -2.05. The first kappa shape index (κ1) is 24.1. The molecule has 6 nitrogen and oxygen atoms in total. The number of hydrogen-bond donors (Lipinski definition) is 0. The molecule has 0 aromatic heterocycles. The molecular weight excluding hydrogens is 414 g/mol. The first-order chi connectivity index (χ1) is 15.7. The van der Waals surface area contributed by atoms with Crippen molar-refractivity contribution in [2.75, 3.05) is 33.4 Å². The van der Waals surface area contributed by atoms with E-state index < -0.39 is 0 Å². The number of hydrogen-bond acceptors (Lipinski definition) is 6. The highest BCUT2D eigenvalue weighted by molar-refractivity contribution is 5.90. The number of morpholine rings is 1. The zero-order valence-corrected chi connectivity index (χ0v) is 21.3. The topological polar surface area (TPSA) is 46.5 Å². The summed E-state index contributed by atoms with van der Waals surface area (Å²) in [5.74, 6) is 1.65. The van der Waals surface area contributed by atoms with Crippen molar-refractivity contribution in [3.63, 3.8) is 0 Å². The quantitative estimate of drug-likeness (QED) is 0.628. The second kappa shape index (κ2) is 9.67. The van der Waals surface area contributed by atoms with E-state index in [1.54, 1.807) is 7.11 Å². The predicted molar refractivity (Wildman–Crippen MR) is 133 cm³/mol. The van der Waals surface area contributed by atoms with Gasteiger partial charge in [0.25, 0.3) is 0 Å². The van der Waals surface area contributed by atoms with Crippen LogP contribution >= 0.6 is 0 Å². The van der Waals surface area contributed by atoms with Crippen LogP contribution in [0.2, 0.25) is 0 Å². The molecule has 4 rings (SSSR count). The van der Waals surface area contributed by atoms with Crippen molar-refractivity contribution in [2.24, 2.45) is 4.99 Å². The van der Waals surface area contributed by atoms with E-state index in [0.717, 1.165) is 50.8 Å². The number of nitrogens with zero attached hydrogens (tertiary/aromatic N) is 3. The molecule has 33 heavy (non-hydrogen) atoms. The Balaban J connectivity index is 1.70. The lowest BCUT2D eigenvalue weighted by Gasteiger charge is -2.49. The molecule has 0 radical (unpaired) electrons. The Morgan fingerprint density at radius 1 is 1.18 bits per heavy atom. The molecular formula is C27H41N3O3. The Morgan fingerprint density at radius 2 is 2.00 bits per heavy atom. The molecule has 2 fully saturated rings. The third kappa shape index (κ3) is 5.55. The maximum Gasteiger partial charge on any atom is 0.212 e. The van der Waals surface area contributed by atoms with E-state index in [2.05, 4.69) is 68.7 Å². The van der Waals surface area contributed by atoms with Crippen LogP contribution < -0.4 is 4.74 Å². The lowest BCUT2D eigenvalue weighted by atomic mass is 9.89. The molecule has 2 unspecified atom stereocenters. The van der Waals surface area contributed by atoms with Crippen LogP contribution in [0.25, 0.3) is 0 Å². The summed E-state index contributed by atoms with van der Waals surface area (Å²) in [7, 11) is 1.74. The monoisotopic (exact) mass is 455 g/mol. The highest BCUT2D eigenvalue weighted by atomic mass is 16.5. The lowest BCUT2D eigenvalue weighted by Crippen LogP contribution is -2.53. The Morgan fingerprint density at radius 3 is 2.73 bits per heavy atom. The van der Waals surface area contributed by atoms with Gasteiger partial charge in [-0.3, -0.25) is 4.90 Å². The average molecular weight is 456 g/mol. The van der Waals surface area contributed by atoms with E-state index in [1.807, 2.05) is 6.07 Å². The summed E-state index contributed by atoms with van der Waals surface area (Å²) in [4.78, 5) is 10.4. The Labute approximate surface area is 199 Å². The third-order valence-corrected chi connectivity index (χ3v) is 6.90. The Kier molecular flexibility index (Phi) is 7.06. The van der Waals surface area contributed by atoms with Crippen molar-refractivity contribution in [3.8, 4) is 5.75 Å². The molecule has 1 aromatic rings. The van der Waals surface area contributed by atoms with Crippen LogP contribution in [0.15, 0.2) is 41.0 Å². The molecule has 3 aliphatic heterocycles. The van der Waals surface area contributed by atoms with Gasteiger partial charge in [0.05, 0.1) is 20.3 Å². The first-order valence-electron chi connectivity index (χ1n) is 12.4. The number of aliphatic imine (C=N–C) groups is 1. The van der Waals surface area contributed by atoms with E-state index in [9.17, 15) is 0 Å². The second-order valence-electron chi connectivity index (χ2n) is 10.8. The maximum atomic E-state index is 6.37. The zero-order valence-electron chi connectivity index (χ0n) is 21.3. The maximum absolute atomic E-state index is 6.37. The van der Waals surface area contributed by atoms with Gasteiger partial charge < -0.3 is 19.1 Å². The summed E-state index contributed by atoms with van der Waals surface area (Å²) in [5.41, 5.74) is 1.93. The van der Waals surface area contributed by atoms with Gasteiger partial charge in [0.15, 0.2) is 0 Å². The van der Waals surface area contributed by atoms with Crippen molar-refractivity contribution >= 4 is 5.90 Å². The lowest BCUT2D eigenvalue weighted by molar-refractivity contribution is -0.00437. The molecule has 1 aromatic carbocycles. The molecule has 6 heteroatoms. The summed E-state index contributed by atoms with van der Waals surface area (Å²) < 4.78 is 17.6. The van der Waals surface area contributed by atoms with Gasteiger partial charge in [-0.1, -0.05) is 18.6 Å². The fourth-order valence-electron chi connectivity index (χ4n) is 5.42. The van der Waals surface area contributed by atoms with Gasteiger partial charge in [-0.25, -0.2) is 4.99 Å². The minimum absolute atomic E-state index is 0.302. The summed E-state index contributed by atoms with van der Waals surface area (Å²) in [6.07, 6.45) is 6.58. The predicted octanol–water partition coefficient (Wildman–Crippen LogP) is 5.16. The summed E-state index contributed by atoms with van der Waals surface area (Å²) in [6.45, 7) is 14.3. The minimum atomic E-state index is -0.378. The van der Waals surface area contributed by atoms with Gasteiger partial charge in [-0.15, -0.1) is 0 Å². The van der Waals surface area contributed by atoms with Crippen LogP contribution in [0.4, 0.5) is 0 Å². The number of benzene rings is 1. The van der Waals surface area contributed by atoms with E-state index in [0.29, 0.717) is 12.1 Å². The Bertz CT molecular complexity index is 891. The number of dihydropyridines is 1. The molecule has 2 saturated heterocycles. The SMILES string of the molecule is COc1cccc(C2CCCCN2C2(C)CC(N3CCOC[C@H]3C)=CC(OC(C)(C)C)=N2)c1. The number of rotatable bonds is 4. The van der Waals surface area contributed by atoms with Crippen molar-refractivity contribution in [1.29, 1.82) is 0 Å². The largest absolute Gasteiger partial charge is 0.497 e. The molecule has 0 spiro atoms. The molecule has 0 N–H and O–H groups in total. The van der Waals surface area contributed by atoms with Gasteiger partial charge in [-0.05, 0) is 65.2 Å². The van der Waals surface area contributed by atoms with Crippen LogP contribution in [0.5, 0.6) is 5.75 Å².